The molecule has 0 saturated heterocycles. The van der Waals surface area contributed by atoms with Crippen LogP contribution in [0.3, 0.4) is 0 Å². The summed E-state index contributed by atoms with van der Waals surface area (Å²) in [5.41, 5.74) is 5.24. The van der Waals surface area contributed by atoms with Gasteiger partial charge in [-0.2, -0.15) is 4.98 Å². The van der Waals surface area contributed by atoms with Gasteiger partial charge < -0.3 is 15.8 Å². The Kier molecular flexibility index (Phi) is 2.95. The zero-order valence-electron chi connectivity index (χ0n) is 8.36. The summed E-state index contributed by atoms with van der Waals surface area (Å²) >= 11 is 0. The Hall–Kier alpha value is -1.72. The number of anilines is 2. The van der Waals surface area contributed by atoms with Crippen molar-refractivity contribution in [3.8, 4) is 0 Å². The Labute approximate surface area is 82.1 Å². The summed E-state index contributed by atoms with van der Waals surface area (Å²) in [6.45, 7) is 5.56. The number of rotatable bonds is 3. The van der Waals surface area contributed by atoms with Gasteiger partial charge in [0.1, 0.15) is 11.6 Å². The molecule has 6 nitrogen and oxygen atoms in total. The number of nitrogens with one attached hydrogen (secondary N) is 1. The second-order valence-corrected chi connectivity index (χ2v) is 2.85. The Morgan fingerprint density at radius 2 is 2.14 bits per heavy atom. The van der Waals surface area contributed by atoms with Gasteiger partial charge in [-0.25, -0.2) is 0 Å². The molecule has 0 aliphatic carbocycles. The summed E-state index contributed by atoms with van der Waals surface area (Å²) in [5.74, 6) is 0.731. The van der Waals surface area contributed by atoms with Gasteiger partial charge in [-0.3, -0.25) is 5.41 Å². The lowest BCUT2D eigenvalue weighted by Crippen LogP contribution is -2.30. The predicted molar refractivity (Wildman–Crippen MR) is 53.2 cm³/mol. The number of aromatic nitrogens is 2. The molecular formula is C8H15N5O. The summed E-state index contributed by atoms with van der Waals surface area (Å²) in [6, 6.07) is 1.55. The van der Waals surface area contributed by atoms with Crippen molar-refractivity contribution >= 4 is 11.6 Å². The molecule has 0 saturated carbocycles. The van der Waals surface area contributed by atoms with Crippen molar-refractivity contribution in [3.63, 3.8) is 0 Å². The van der Waals surface area contributed by atoms with Crippen molar-refractivity contribution < 1.29 is 5.21 Å². The molecule has 0 aliphatic heterocycles. The normalized spacial score (nSPS) is 10.1. The van der Waals surface area contributed by atoms with Gasteiger partial charge in [0, 0.05) is 19.2 Å². The third-order valence-electron chi connectivity index (χ3n) is 2.03. The van der Waals surface area contributed by atoms with Gasteiger partial charge in [-0.1, -0.05) is 0 Å². The third kappa shape index (κ3) is 1.78. The molecule has 0 aliphatic rings. The maximum Gasteiger partial charge on any atom is 0.259 e. The zero-order chi connectivity index (χ0) is 10.7. The zero-order valence-corrected chi connectivity index (χ0v) is 8.36. The number of hydrogen-bond acceptors (Lipinski definition) is 5. The molecule has 0 radical (unpaired) electrons. The van der Waals surface area contributed by atoms with E-state index in [2.05, 4.69) is 4.98 Å². The van der Waals surface area contributed by atoms with Crippen LogP contribution in [0.15, 0.2) is 6.07 Å². The summed E-state index contributed by atoms with van der Waals surface area (Å²) in [4.78, 5) is 5.85. The van der Waals surface area contributed by atoms with Gasteiger partial charge in [0.15, 0.2) is 0 Å². The molecule has 1 aromatic heterocycles. The van der Waals surface area contributed by atoms with Crippen LogP contribution in [0.4, 0.5) is 11.6 Å². The van der Waals surface area contributed by atoms with Crippen LogP contribution >= 0.6 is 0 Å². The first-order valence-corrected chi connectivity index (χ1v) is 4.48. The average Bonchev–Trinajstić information content (AvgIpc) is 2.16. The first kappa shape index (κ1) is 10.4. The molecule has 6 heteroatoms. The van der Waals surface area contributed by atoms with E-state index in [1.54, 1.807) is 6.07 Å². The molecule has 0 fully saturated rings. The minimum Gasteiger partial charge on any atom is -0.423 e. The maximum absolute atomic E-state index is 9.18. The largest absolute Gasteiger partial charge is 0.423 e. The Bertz CT molecular complexity index is 368. The minimum absolute atomic E-state index is 0.118. The molecule has 0 bridgehead atoms. The quantitative estimate of drug-likeness (QED) is 0.596. The van der Waals surface area contributed by atoms with Crippen molar-refractivity contribution in [2.24, 2.45) is 0 Å². The van der Waals surface area contributed by atoms with E-state index >= 15 is 0 Å². The molecule has 0 spiro atoms. The van der Waals surface area contributed by atoms with E-state index < -0.39 is 0 Å². The smallest absolute Gasteiger partial charge is 0.259 e. The van der Waals surface area contributed by atoms with Gasteiger partial charge in [0.25, 0.3) is 5.62 Å². The van der Waals surface area contributed by atoms with Crippen molar-refractivity contribution in [3.05, 3.63) is 11.7 Å². The van der Waals surface area contributed by atoms with Gasteiger partial charge >= 0.3 is 0 Å². The summed E-state index contributed by atoms with van der Waals surface area (Å²) < 4.78 is 0.549. The van der Waals surface area contributed by atoms with E-state index in [0.717, 1.165) is 13.1 Å². The highest BCUT2D eigenvalue weighted by Gasteiger charge is 2.06. The number of hydrogen-bond donors (Lipinski definition) is 3. The van der Waals surface area contributed by atoms with E-state index in [0.29, 0.717) is 10.5 Å². The number of nitrogens with two attached hydrogens (primary N) is 1. The topological polar surface area (TPSA) is 91.2 Å². The fraction of sp³-hybridized carbons (Fsp3) is 0.500. The fourth-order valence-electron chi connectivity index (χ4n) is 1.21. The van der Waals surface area contributed by atoms with Crippen LogP contribution in [0, 0.1) is 5.41 Å². The molecule has 0 aromatic carbocycles. The first-order chi connectivity index (χ1) is 6.60. The lowest BCUT2D eigenvalue weighted by molar-refractivity contribution is 0.171. The minimum atomic E-state index is -0.257. The SMILES string of the molecule is CCN(CC)c1cc(N)n(O)c(=N)n1. The monoisotopic (exact) mass is 197 g/mol. The Morgan fingerprint density at radius 3 is 2.57 bits per heavy atom. The van der Waals surface area contributed by atoms with Crippen molar-refractivity contribution in [1.29, 1.82) is 5.41 Å². The van der Waals surface area contributed by atoms with Crippen molar-refractivity contribution in [1.82, 2.24) is 9.71 Å². The molecule has 4 N–H and O–H groups in total. The molecule has 1 aromatic rings. The lowest BCUT2D eigenvalue weighted by Gasteiger charge is -2.19. The van der Waals surface area contributed by atoms with Crippen molar-refractivity contribution in [2.75, 3.05) is 23.7 Å². The maximum atomic E-state index is 9.18. The summed E-state index contributed by atoms with van der Waals surface area (Å²) in [5, 5.41) is 16.5. The molecule has 0 amide bonds. The van der Waals surface area contributed by atoms with E-state index in [1.165, 1.54) is 0 Å². The highest BCUT2D eigenvalue weighted by molar-refractivity contribution is 5.45. The Morgan fingerprint density at radius 1 is 1.57 bits per heavy atom. The van der Waals surface area contributed by atoms with Gasteiger partial charge in [-0.05, 0) is 13.8 Å². The first-order valence-electron chi connectivity index (χ1n) is 4.48. The second kappa shape index (κ2) is 3.99. The molecule has 1 heterocycles. The highest BCUT2D eigenvalue weighted by atomic mass is 16.5. The summed E-state index contributed by atoms with van der Waals surface area (Å²) in [6.07, 6.45) is 0. The number of nitrogen functional groups attached to an aromatic ring is 1. The molecule has 14 heavy (non-hydrogen) atoms. The van der Waals surface area contributed by atoms with Crippen LogP contribution in [0.5, 0.6) is 0 Å². The fourth-order valence-corrected chi connectivity index (χ4v) is 1.21. The van der Waals surface area contributed by atoms with E-state index in [4.69, 9.17) is 11.1 Å². The lowest BCUT2D eigenvalue weighted by atomic mass is 10.4. The molecule has 78 valence electrons. The molecule has 0 unspecified atom stereocenters. The third-order valence-corrected chi connectivity index (χ3v) is 2.03. The van der Waals surface area contributed by atoms with Gasteiger partial charge in [-0.15, -0.1) is 4.73 Å². The molecule has 1 rings (SSSR count). The van der Waals surface area contributed by atoms with Gasteiger partial charge in [0.05, 0.1) is 0 Å². The number of nitrogens with zero attached hydrogens (tertiary/aromatic N) is 3. The summed E-state index contributed by atoms with van der Waals surface area (Å²) in [7, 11) is 0. The predicted octanol–water partition coefficient (Wildman–Crippen LogP) is 0.0283. The molecular weight excluding hydrogens is 182 g/mol. The second-order valence-electron chi connectivity index (χ2n) is 2.85. The van der Waals surface area contributed by atoms with Crippen LogP contribution < -0.4 is 16.3 Å². The van der Waals surface area contributed by atoms with Crippen LogP contribution in [0.1, 0.15) is 13.8 Å². The van der Waals surface area contributed by atoms with Crippen LogP contribution in [0.25, 0.3) is 0 Å². The van der Waals surface area contributed by atoms with Gasteiger partial charge in [0.2, 0.25) is 0 Å². The average molecular weight is 197 g/mol. The molecule has 0 atom stereocenters. The van der Waals surface area contributed by atoms with E-state index in [9.17, 15) is 5.21 Å². The Balaban J connectivity index is 3.18. The van der Waals surface area contributed by atoms with Crippen LogP contribution in [0.2, 0.25) is 0 Å². The highest BCUT2D eigenvalue weighted by Crippen LogP contribution is 2.10. The standard InChI is InChI=1S/C8H15N5O/c1-3-12(4-2)7-5-6(9)13(14)8(10)11-7/h5,10,14H,3-4,9H2,1-2H3. The van der Waals surface area contributed by atoms with Crippen molar-refractivity contribution in [2.45, 2.75) is 13.8 Å². The van der Waals surface area contributed by atoms with E-state index in [1.807, 2.05) is 18.7 Å². The van der Waals surface area contributed by atoms with E-state index in [-0.39, 0.29) is 11.4 Å². The van der Waals surface area contributed by atoms with Crippen LogP contribution in [-0.4, -0.2) is 28.0 Å². The van der Waals surface area contributed by atoms with Crippen LogP contribution in [-0.2, 0) is 0 Å².